The number of rotatable bonds is 4. The van der Waals surface area contributed by atoms with Crippen LogP contribution in [0.3, 0.4) is 0 Å². The highest BCUT2D eigenvalue weighted by Gasteiger charge is 2.19. The second-order valence-electron chi connectivity index (χ2n) is 5.54. The van der Waals surface area contributed by atoms with E-state index in [0.29, 0.717) is 21.4 Å². The van der Waals surface area contributed by atoms with E-state index < -0.39 is 0 Å². The predicted molar refractivity (Wildman–Crippen MR) is 99.0 cm³/mol. The van der Waals surface area contributed by atoms with Crippen molar-refractivity contribution in [2.45, 2.75) is 20.8 Å². The van der Waals surface area contributed by atoms with E-state index in [2.05, 4.69) is 5.32 Å². The van der Waals surface area contributed by atoms with Gasteiger partial charge in [-0.3, -0.25) is 9.59 Å². The molecular formula is C18H18Cl2N2O2. The van der Waals surface area contributed by atoms with Crippen LogP contribution in [0, 0.1) is 13.8 Å². The zero-order chi connectivity index (χ0) is 17.9. The third-order valence-electron chi connectivity index (χ3n) is 3.55. The van der Waals surface area contributed by atoms with Gasteiger partial charge in [0, 0.05) is 12.6 Å². The van der Waals surface area contributed by atoms with Gasteiger partial charge in [-0.1, -0.05) is 47.0 Å². The van der Waals surface area contributed by atoms with Gasteiger partial charge in [0.15, 0.2) is 0 Å². The van der Waals surface area contributed by atoms with E-state index >= 15 is 0 Å². The Morgan fingerprint density at radius 1 is 1.08 bits per heavy atom. The standard InChI is InChI=1S/C18H18Cl2N2O2/c1-11-7-8-16(12(2)9-11)22(13(3)23)10-17(24)21-18-14(19)5-4-6-15(18)20/h4-9H,10H2,1-3H3,(H,21,24). The number of anilines is 2. The third-order valence-corrected chi connectivity index (χ3v) is 4.18. The lowest BCUT2D eigenvalue weighted by atomic mass is 10.1. The Bertz CT molecular complexity index is 770. The maximum absolute atomic E-state index is 12.4. The molecule has 0 atom stereocenters. The Labute approximate surface area is 151 Å². The van der Waals surface area contributed by atoms with Gasteiger partial charge in [-0.05, 0) is 37.6 Å². The molecule has 0 radical (unpaired) electrons. The zero-order valence-electron chi connectivity index (χ0n) is 13.7. The minimum atomic E-state index is -0.375. The summed E-state index contributed by atoms with van der Waals surface area (Å²) >= 11 is 12.1. The van der Waals surface area contributed by atoms with E-state index in [1.165, 1.54) is 11.8 Å². The first-order valence-corrected chi connectivity index (χ1v) is 8.14. The minimum Gasteiger partial charge on any atom is -0.322 e. The lowest BCUT2D eigenvalue weighted by molar-refractivity contribution is -0.120. The van der Waals surface area contributed by atoms with Crippen LogP contribution in [-0.2, 0) is 9.59 Å². The van der Waals surface area contributed by atoms with E-state index in [1.807, 2.05) is 32.0 Å². The number of hydrogen-bond acceptors (Lipinski definition) is 2. The first-order chi connectivity index (χ1) is 11.3. The maximum atomic E-state index is 12.4. The summed E-state index contributed by atoms with van der Waals surface area (Å²) in [5, 5.41) is 3.36. The lowest BCUT2D eigenvalue weighted by Gasteiger charge is -2.23. The van der Waals surface area contributed by atoms with Crippen molar-refractivity contribution in [3.8, 4) is 0 Å². The van der Waals surface area contributed by atoms with Gasteiger partial charge in [0.1, 0.15) is 6.54 Å². The zero-order valence-corrected chi connectivity index (χ0v) is 15.2. The Morgan fingerprint density at radius 3 is 2.25 bits per heavy atom. The maximum Gasteiger partial charge on any atom is 0.244 e. The van der Waals surface area contributed by atoms with E-state index in [1.54, 1.807) is 18.2 Å². The Hall–Kier alpha value is -2.04. The number of amides is 2. The number of nitrogens with zero attached hydrogens (tertiary/aromatic N) is 1. The van der Waals surface area contributed by atoms with Gasteiger partial charge in [0.05, 0.1) is 15.7 Å². The number of benzene rings is 2. The van der Waals surface area contributed by atoms with Crippen LogP contribution >= 0.6 is 23.2 Å². The second kappa shape index (κ2) is 7.69. The van der Waals surface area contributed by atoms with Crippen molar-refractivity contribution in [2.75, 3.05) is 16.8 Å². The number of para-hydroxylation sites is 1. The van der Waals surface area contributed by atoms with Crippen LogP contribution < -0.4 is 10.2 Å². The van der Waals surface area contributed by atoms with Crippen LogP contribution in [0.25, 0.3) is 0 Å². The number of aryl methyl sites for hydroxylation is 2. The van der Waals surface area contributed by atoms with E-state index in [4.69, 9.17) is 23.2 Å². The van der Waals surface area contributed by atoms with Crippen molar-refractivity contribution in [3.05, 3.63) is 57.6 Å². The SMILES string of the molecule is CC(=O)N(CC(=O)Nc1c(Cl)cccc1Cl)c1ccc(C)cc1C. The van der Waals surface area contributed by atoms with Crippen molar-refractivity contribution >= 4 is 46.4 Å². The fourth-order valence-electron chi connectivity index (χ4n) is 2.41. The van der Waals surface area contributed by atoms with Crippen molar-refractivity contribution in [1.29, 1.82) is 0 Å². The molecule has 2 aromatic rings. The molecule has 0 saturated carbocycles. The molecule has 0 spiro atoms. The number of nitrogens with one attached hydrogen (secondary N) is 1. The largest absolute Gasteiger partial charge is 0.322 e. The molecule has 0 bridgehead atoms. The summed E-state index contributed by atoms with van der Waals surface area (Å²) in [7, 11) is 0. The molecule has 0 aromatic heterocycles. The molecule has 0 aliphatic rings. The molecule has 2 amide bonds. The summed E-state index contributed by atoms with van der Waals surface area (Å²) in [6, 6.07) is 10.7. The van der Waals surface area contributed by atoms with Crippen LogP contribution in [0.4, 0.5) is 11.4 Å². The molecule has 24 heavy (non-hydrogen) atoms. The molecule has 2 aromatic carbocycles. The van der Waals surface area contributed by atoms with Gasteiger partial charge >= 0.3 is 0 Å². The minimum absolute atomic E-state index is 0.124. The molecule has 6 heteroatoms. The number of hydrogen-bond donors (Lipinski definition) is 1. The molecule has 4 nitrogen and oxygen atoms in total. The molecule has 0 saturated heterocycles. The van der Waals surface area contributed by atoms with Gasteiger partial charge in [-0.15, -0.1) is 0 Å². The van der Waals surface area contributed by atoms with Gasteiger partial charge in [-0.2, -0.15) is 0 Å². The summed E-state index contributed by atoms with van der Waals surface area (Å²) in [5.74, 6) is -0.595. The van der Waals surface area contributed by atoms with E-state index in [-0.39, 0.29) is 18.4 Å². The Morgan fingerprint density at radius 2 is 1.71 bits per heavy atom. The van der Waals surface area contributed by atoms with Crippen molar-refractivity contribution in [2.24, 2.45) is 0 Å². The molecule has 0 aliphatic carbocycles. The van der Waals surface area contributed by atoms with Crippen molar-refractivity contribution in [3.63, 3.8) is 0 Å². The van der Waals surface area contributed by atoms with Crippen LogP contribution in [0.5, 0.6) is 0 Å². The van der Waals surface area contributed by atoms with E-state index in [0.717, 1.165) is 11.1 Å². The summed E-state index contributed by atoms with van der Waals surface area (Å²) in [5.41, 5.74) is 3.06. The lowest BCUT2D eigenvalue weighted by Crippen LogP contribution is -2.37. The molecular weight excluding hydrogens is 347 g/mol. The summed E-state index contributed by atoms with van der Waals surface area (Å²) in [6.07, 6.45) is 0. The second-order valence-corrected chi connectivity index (χ2v) is 6.35. The van der Waals surface area contributed by atoms with Gasteiger partial charge in [0.2, 0.25) is 11.8 Å². The monoisotopic (exact) mass is 364 g/mol. The summed E-state index contributed by atoms with van der Waals surface area (Å²) in [6.45, 7) is 5.18. The van der Waals surface area contributed by atoms with Gasteiger partial charge in [-0.25, -0.2) is 0 Å². The predicted octanol–water partition coefficient (Wildman–Crippen LogP) is 4.60. The van der Waals surface area contributed by atoms with Crippen LogP contribution in [-0.4, -0.2) is 18.4 Å². The highest BCUT2D eigenvalue weighted by molar-refractivity contribution is 6.39. The molecule has 1 N–H and O–H groups in total. The first kappa shape index (κ1) is 18.3. The normalized spacial score (nSPS) is 10.4. The summed E-state index contributed by atoms with van der Waals surface area (Å²) in [4.78, 5) is 25.8. The third kappa shape index (κ3) is 4.28. The Kier molecular flexibility index (Phi) is 5.86. The first-order valence-electron chi connectivity index (χ1n) is 7.39. The molecule has 0 fully saturated rings. The van der Waals surface area contributed by atoms with Gasteiger partial charge in [0.25, 0.3) is 0 Å². The highest BCUT2D eigenvalue weighted by Crippen LogP contribution is 2.30. The fourth-order valence-corrected chi connectivity index (χ4v) is 2.91. The fraction of sp³-hybridized carbons (Fsp3) is 0.222. The number of carbonyl (C=O) groups excluding carboxylic acids is 2. The average molecular weight is 365 g/mol. The quantitative estimate of drug-likeness (QED) is 0.861. The molecule has 0 unspecified atom stereocenters. The molecule has 2 rings (SSSR count). The number of carbonyl (C=O) groups is 2. The highest BCUT2D eigenvalue weighted by atomic mass is 35.5. The average Bonchev–Trinajstić information content (AvgIpc) is 2.49. The number of halogens is 2. The van der Waals surface area contributed by atoms with Crippen LogP contribution in [0.2, 0.25) is 10.0 Å². The van der Waals surface area contributed by atoms with Crippen molar-refractivity contribution in [1.82, 2.24) is 0 Å². The van der Waals surface area contributed by atoms with Crippen molar-refractivity contribution < 1.29 is 9.59 Å². The topological polar surface area (TPSA) is 49.4 Å². The molecule has 0 aliphatic heterocycles. The smallest absolute Gasteiger partial charge is 0.244 e. The van der Waals surface area contributed by atoms with Crippen LogP contribution in [0.15, 0.2) is 36.4 Å². The van der Waals surface area contributed by atoms with Gasteiger partial charge < -0.3 is 10.2 Å². The summed E-state index contributed by atoms with van der Waals surface area (Å²) < 4.78 is 0. The molecule has 126 valence electrons. The molecule has 0 heterocycles. The van der Waals surface area contributed by atoms with Crippen LogP contribution in [0.1, 0.15) is 18.1 Å². The Balaban J connectivity index is 2.22. The van der Waals surface area contributed by atoms with E-state index in [9.17, 15) is 9.59 Å².